The van der Waals surface area contributed by atoms with Crippen LogP contribution in [0.25, 0.3) is 0 Å². The molecule has 1 aromatic rings. The Morgan fingerprint density at radius 1 is 1.40 bits per heavy atom. The molecule has 3 nitrogen and oxygen atoms in total. The van der Waals surface area contributed by atoms with Gasteiger partial charge in [-0.25, -0.2) is 0 Å². The lowest BCUT2D eigenvalue weighted by molar-refractivity contribution is -0.116. The van der Waals surface area contributed by atoms with Crippen LogP contribution in [0.5, 0.6) is 0 Å². The van der Waals surface area contributed by atoms with Crippen molar-refractivity contribution in [1.82, 2.24) is 0 Å². The normalized spacial score (nSPS) is 19.9. The largest absolute Gasteiger partial charge is 0.380 e. The molecule has 1 aromatic carbocycles. The van der Waals surface area contributed by atoms with E-state index in [-0.39, 0.29) is 11.9 Å². The number of hydrogen-bond acceptors (Lipinski definition) is 2. The fourth-order valence-electron chi connectivity index (χ4n) is 1.60. The van der Waals surface area contributed by atoms with Gasteiger partial charge >= 0.3 is 0 Å². The number of benzene rings is 1. The van der Waals surface area contributed by atoms with Crippen molar-refractivity contribution in [3.8, 4) is 0 Å². The van der Waals surface area contributed by atoms with Crippen LogP contribution in [0.15, 0.2) is 21.1 Å². The fraction of sp³-hybridized carbons (Fsp3) is 0.300. The highest BCUT2D eigenvalue weighted by molar-refractivity contribution is 9.11. The third-order valence-electron chi connectivity index (χ3n) is 2.21. The van der Waals surface area contributed by atoms with Gasteiger partial charge in [-0.1, -0.05) is 15.9 Å². The van der Waals surface area contributed by atoms with Crippen LogP contribution in [0.4, 0.5) is 11.4 Å². The number of halogens is 2. The highest BCUT2D eigenvalue weighted by Crippen LogP contribution is 2.36. The Balaban J connectivity index is 2.50. The Kier molecular flexibility index (Phi) is 3.02. The molecule has 0 spiro atoms. The summed E-state index contributed by atoms with van der Waals surface area (Å²) in [5.74, 6) is 0.0387. The minimum atomic E-state index is 0.0387. The predicted molar refractivity (Wildman–Crippen MR) is 68.2 cm³/mol. The van der Waals surface area contributed by atoms with Crippen molar-refractivity contribution in [2.24, 2.45) is 0 Å². The van der Waals surface area contributed by atoms with Crippen LogP contribution < -0.4 is 10.6 Å². The smallest absolute Gasteiger partial charge is 0.226 e. The molecule has 0 saturated heterocycles. The zero-order chi connectivity index (χ0) is 11.0. The van der Waals surface area contributed by atoms with E-state index in [1.807, 2.05) is 19.1 Å². The van der Waals surface area contributed by atoms with Gasteiger partial charge in [-0.2, -0.15) is 0 Å². The number of nitrogens with one attached hydrogen (secondary N) is 2. The van der Waals surface area contributed by atoms with Crippen LogP contribution in [-0.4, -0.2) is 11.9 Å². The maximum absolute atomic E-state index is 11.5. The molecule has 80 valence electrons. The fourth-order valence-corrected chi connectivity index (χ4v) is 2.92. The van der Waals surface area contributed by atoms with Crippen LogP contribution >= 0.6 is 31.9 Å². The average molecular weight is 334 g/mol. The first-order chi connectivity index (χ1) is 7.06. The van der Waals surface area contributed by atoms with Crippen molar-refractivity contribution in [2.45, 2.75) is 19.4 Å². The van der Waals surface area contributed by atoms with E-state index in [2.05, 4.69) is 42.5 Å². The van der Waals surface area contributed by atoms with Gasteiger partial charge in [0.2, 0.25) is 5.91 Å². The Morgan fingerprint density at radius 2 is 2.13 bits per heavy atom. The van der Waals surface area contributed by atoms with Gasteiger partial charge in [0, 0.05) is 21.4 Å². The van der Waals surface area contributed by atoms with Crippen LogP contribution in [-0.2, 0) is 4.79 Å². The average Bonchev–Trinajstić information content (AvgIpc) is 2.22. The molecule has 1 heterocycles. The second-order valence-corrected chi connectivity index (χ2v) is 5.38. The molecular formula is C10H10Br2N2O. The first-order valence-corrected chi connectivity index (χ1v) is 6.20. The second kappa shape index (κ2) is 4.14. The van der Waals surface area contributed by atoms with E-state index in [0.717, 1.165) is 20.3 Å². The number of carbonyl (C=O) groups excluding carboxylic acids is 1. The van der Waals surface area contributed by atoms with E-state index in [1.54, 1.807) is 0 Å². The molecule has 2 rings (SSSR count). The van der Waals surface area contributed by atoms with E-state index in [4.69, 9.17) is 0 Å². The highest BCUT2D eigenvalue weighted by Gasteiger charge is 2.19. The first-order valence-electron chi connectivity index (χ1n) is 4.61. The number of hydrogen-bond donors (Lipinski definition) is 2. The Morgan fingerprint density at radius 3 is 2.87 bits per heavy atom. The molecule has 5 heteroatoms. The lowest BCUT2D eigenvalue weighted by Gasteiger charge is -2.13. The van der Waals surface area contributed by atoms with Crippen molar-refractivity contribution in [1.29, 1.82) is 0 Å². The number of anilines is 2. The molecular weight excluding hydrogens is 324 g/mol. The zero-order valence-electron chi connectivity index (χ0n) is 8.10. The van der Waals surface area contributed by atoms with Crippen LogP contribution in [0.2, 0.25) is 0 Å². The first kappa shape index (κ1) is 11.0. The van der Waals surface area contributed by atoms with E-state index in [9.17, 15) is 4.79 Å². The monoisotopic (exact) mass is 332 g/mol. The SMILES string of the molecule is C[C@H]1CC(=O)Nc2c(Br)cc(Br)cc2N1. The summed E-state index contributed by atoms with van der Waals surface area (Å²) >= 11 is 6.85. The maximum atomic E-state index is 11.5. The standard InChI is InChI=1S/C10H10Br2N2O/c1-5-2-9(15)14-10-7(12)3-6(11)4-8(10)13-5/h3-5,13H,2H2,1H3,(H,14,15)/t5-/m0/s1. The van der Waals surface area contributed by atoms with Gasteiger partial charge in [0.05, 0.1) is 11.4 Å². The van der Waals surface area contributed by atoms with Gasteiger partial charge in [-0.3, -0.25) is 4.79 Å². The molecule has 0 radical (unpaired) electrons. The lowest BCUT2D eigenvalue weighted by atomic mass is 10.2. The molecule has 1 aliphatic heterocycles. The molecule has 0 aliphatic carbocycles. The van der Waals surface area contributed by atoms with Gasteiger partial charge in [0.1, 0.15) is 0 Å². The van der Waals surface area contributed by atoms with E-state index in [1.165, 1.54) is 0 Å². The summed E-state index contributed by atoms with van der Waals surface area (Å²) in [7, 11) is 0. The Hall–Kier alpha value is -0.550. The number of amides is 1. The molecule has 2 N–H and O–H groups in total. The summed E-state index contributed by atoms with van der Waals surface area (Å²) in [5.41, 5.74) is 1.75. The topological polar surface area (TPSA) is 41.1 Å². The Labute approximate surface area is 105 Å². The molecule has 1 aliphatic rings. The van der Waals surface area contributed by atoms with Gasteiger partial charge in [0.25, 0.3) is 0 Å². The summed E-state index contributed by atoms with van der Waals surface area (Å²) in [5, 5.41) is 6.17. The third kappa shape index (κ3) is 2.34. The molecule has 0 bridgehead atoms. The summed E-state index contributed by atoms with van der Waals surface area (Å²) in [6.07, 6.45) is 0.485. The Bertz CT molecular complexity index is 420. The zero-order valence-corrected chi connectivity index (χ0v) is 11.3. The number of carbonyl (C=O) groups is 1. The summed E-state index contributed by atoms with van der Waals surface area (Å²) in [6.45, 7) is 1.99. The highest BCUT2D eigenvalue weighted by atomic mass is 79.9. The summed E-state index contributed by atoms with van der Waals surface area (Å²) in [4.78, 5) is 11.5. The minimum Gasteiger partial charge on any atom is -0.380 e. The van der Waals surface area contributed by atoms with E-state index >= 15 is 0 Å². The second-order valence-electron chi connectivity index (χ2n) is 3.61. The number of rotatable bonds is 0. The van der Waals surface area contributed by atoms with Crippen molar-refractivity contribution in [2.75, 3.05) is 10.6 Å². The molecule has 1 atom stereocenters. The maximum Gasteiger partial charge on any atom is 0.226 e. The van der Waals surface area contributed by atoms with E-state index in [0.29, 0.717) is 6.42 Å². The van der Waals surface area contributed by atoms with Crippen LogP contribution in [0.3, 0.4) is 0 Å². The molecule has 0 aromatic heterocycles. The minimum absolute atomic E-state index is 0.0387. The van der Waals surface area contributed by atoms with Crippen molar-refractivity contribution in [3.05, 3.63) is 21.1 Å². The van der Waals surface area contributed by atoms with Crippen molar-refractivity contribution >= 4 is 49.1 Å². The van der Waals surface area contributed by atoms with Crippen LogP contribution in [0.1, 0.15) is 13.3 Å². The van der Waals surface area contributed by atoms with Crippen molar-refractivity contribution in [3.63, 3.8) is 0 Å². The van der Waals surface area contributed by atoms with Crippen LogP contribution in [0, 0.1) is 0 Å². The third-order valence-corrected chi connectivity index (χ3v) is 3.30. The molecule has 0 unspecified atom stereocenters. The van der Waals surface area contributed by atoms with Gasteiger partial charge in [-0.05, 0) is 35.0 Å². The molecule has 15 heavy (non-hydrogen) atoms. The molecule has 0 saturated carbocycles. The van der Waals surface area contributed by atoms with E-state index < -0.39 is 0 Å². The summed E-state index contributed by atoms with van der Waals surface area (Å²) in [6, 6.07) is 4.02. The summed E-state index contributed by atoms with van der Waals surface area (Å²) < 4.78 is 1.85. The number of fused-ring (bicyclic) bond motifs is 1. The quantitative estimate of drug-likeness (QED) is 0.764. The lowest BCUT2D eigenvalue weighted by Crippen LogP contribution is -2.18. The van der Waals surface area contributed by atoms with Gasteiger partial charge < -0.3 is 10.6 Å². The molecule has 1 amide bonds. The van der Waals surface area contributed by atoms with Gasteiger partial charge in [0.15, 0.2) is 0 Å². The predicted octanol–water partition coefficient (Wildman–Crippen LogP) is 3.35. The molecule has 0 fully saturated rings. The van der Waals surface area contributed by atoms with Crippen molar-refractivity contribution < 1.29 is 4.79 Å². The van der Waals surface area contributed by atoms with Gasteiger partial charge in [-0.15, -0.1) is 0 Å².